The highest BCUT2D eigenvalue weighted by atomic mass is 35.5. The minimum absolute atomic E-state index is 0.316. The Morgan fingerprint density at radius 1 is 1.08 bits per heavy atom. The summed E-state index contributed by atoms with van der Waals surface area (Å²) in [5.41, 5.74) is 2.59. The van der Waals surface area contributed by atoms with Crippen LogP contribution in [0.1, 0.15) is 15.9 Å². The number of amides is 1. The fourth-order valence-electron chi connectivity index (χ4n) is 2.14. The summed E-state index contributed by atoms with van der Waals surface area (Å²) in [5, 5.41) is 5.62. The maximum Gasteiger partial charge on any atom is 0.298 e. The van der Waals surface area contributed by atoms with E-state index in [-0.39, 0.29) is 0 Å². The lowest BCUT2D eigenvalue weighted by Crippen LogP contribution is -2.22. The standard InChI is InChI=1S/C18H12Cl2N2O2S/c1-10-2-4-11(5-3-10)16(23)17(24)22-18-21-15(9-25-18)13-8-12(19)6-7-14(13)20/h2-9H,1H3,(H,21,22,24). The zero-order valence-corrected chi connectivity index (χ0v) is 15.4. The van der Waals surface area contributed by atoms with Crippen molar-refractivity contribution < 1.29 is 9.59 Å². The third-order valence-corrected chi connectivity index (χ3v) is 4.77. The van der Waals surface area contributed by atoms with Gasteiger partial charge in [-0.1, -0.05) is 53.0 Å². The van der Waals surface area contributed by atoms with Crippen molar-refractivity contribution in [1.82, 2.24) is 4.98 Å². The Bertz CT molecular complexity index is 952. The minimum Gasteiger partial charge on any atom is -0.295 e. The van der Waals surface area contributed by atoms with Crippen LogP contribution in [0.5, 0.6) is 0 Å². The Hall–Kier alpha value is -2.21. The summed E-state index contributed by atoms with van der Waals surface area (Å²) in [6, 6.07) is 11.9. The number of aromatic nitrogens is 1. The van der Waals surface area contributed by atoms with E-state index in [1.165, 1.54) is 11.3 Å². The Labute approximate surface area is 158 Å². The first-order chi connectivity index (χ1) is 11.9. The van der Waals surface area contributed by atoms with Crippen LogP contribution in [0.3, 0.4) is 0 Å². The molecule has 4 nitrogen and oxygen atoms in total. The third-order valence-electron chi connectivity index (χ3n) is 3.45. The number of carbonyl (C=O) groups excluding carboxylic acids is 2. The summed E-state index contributed by atoms with van der Waals surface area (Å²) < 4.78 is 0. The summed E-state index contributed by atoms with van der Waals surface area (Å²) in [6.07, 6.45) is 0. The SMILES string of the molecule is Cc1ccc(C(=O)C(=O)Nc2nc(-c3cc(Cl)ccc3Cl)cs2)cc1. The molecule has 3 aromatic rings. The van der Waals surface area contributed by atoms with Crippen molar-refractivity contribution in [1.29, 1.82) is 0 Å². The first kappa shape index (κ1) is 17.6. The number of rotatable bonds is 4. The van der Waals surface area contributed by atoms with Gasteiger partial charge in [-0.05, 0) is 25.1 Å². The van der Waals surface area contributed by atoms with Crippen molar-refractivity contribution in [2.75, 3.05) is 5.32 Å². The highest BCUT2D eigenvalue weighted by molar-refractivity contribution is 7.14. The second-order valence-corrected chi connectivity index (χ2v) is 7.01. The Morgan fingerprint density at radius 3 is 2.52 bits per heavy atom. The van der Waals surface area contributed by atoms with E-state index in [1.807, 2.05) is 6.92 Å². The summed E-state index contributed by atoms with van der Waals surface area (Å²) in [4.78, 5) is 28.6. The van der Waals surface area contributed by atoms with E-state index < -0.39 is 11.7 Å². The Kier molecular flexibility index (Phi) is 5.18. The quantitative estimate of drug-likeness (QED) is 0.488. The number of carbonyl (C=O) groups is 2. The van der Waals surface area contributed by atoms with E-state index in [0.29, 0.717) is 32.0 Å². The van der Waals surface area contributed by atoms with Crippen LogP contribution in [0.25, 0.3) is 11.3 Å². The molecule has 2 aromatic carbocycles. The van der Waals surface area contributed by atoms with E-state index in [2.05, 4.69) is 10.3 Å². The van der Waals surface area contributed by atoms with Crippen LogP contribution >= 0.6 is 34.5 Å². The van der Waals surface area contributed by atoms with Crippen molar-refractivity contribution in [3.63, 3.8) is 0 Å². The fourth-order valence-corrected chi connectivity index (χ4v) is 3.23. The van der Waals surface area contributed by atoms with E-state index in [4.69, 9.17) is 23.2 Å². The van der Waals surface area contributed by atoms with Gasteiger partial charge in [0.1, 0.15) is 0 Å². The van der Waals surface area contributed by atoms with Gasteiger partial charge in [-0.2, -0.15) is 0 Å². The lowest BCUT2D eigenvalue weighted by molar-refractivity contribution is -0.112. The van der Waals surface area contributed by atoms with Crippen molar-refractivity contribution >= 4 is 51.4 Å². The molecule has 1 N–H and O–H groups in total. The molecule has 1 heterocycles. The van der Waals surface area contributed by atoms with E-state index in [0.717, 1.165) is 5.56 Å². The molecule has 0 unspecified atom stereocenters. The lowest BCUT2D eigenvalue weighted by atomic mass is 10.1. The number of aryl methyl sites for hydroxylation is 1. The molecule has 25 heavy (non-hydrogen) atoms. The van der Waals surface area contributed by atoms with Crippen molar-refractivity contribution in [3.05, 3.63) is 69.0 Å². The molecule has 0 fully saturated rings. The number of Topliss-reactive ketones (excluding diaryl/α,β-unsaturated/α-hetero) is 1. The van der Waals surface area contributed by atoms with Crippen LogP contribution in [0, 0.1) is 6.92 Å². The highest BCUT2D eigenvalue weighted by Crippen LogP contribution is 2.32. The van der Waals surface area contributed by atoms with Gasteiger partial charge < -0.3 is 0 Å². The fraction of sp³-hybridized carbons (Fsp3) is 0.0556. The van der Waals surface area contributed by atoms with Gasteiger partial charge in [-0.25, -0.2) is 4.98 Å². The van der Waals surface area contributed by atoms with Crippen LogP contribution in [-0.2, 0) is 4.79 Å². The molecule has 1 amide bonds. The molecular weight excluding hydrogens is 379 g/mol. The topological polar surface area (TPSA) is 59.1 Å². The normalized spacial score (nSPS) is 10.5. The molecule has 0 aliphatic carbocycles. The number of hydrogen-bond acceptors (Lipinski definition) is 4. The number of nitrogens with zero attached hydrogens (tertiary/aromatic N) is 1. The van der Waals surface area contributed by atoms with Gasteiger partial charge in [-0.15, -0.1) is 11.3 Å². The average Bonchev–Trinajstić information content (AvgIpc) is 3.05. The van der Waals surface area contributed by atoms with Gasteiger partial charge in [0.05, 0.1) is 10.7 Å². The maximum atomic E-state index is 12.2. The predicted octanol–water partition coefficient (Wildman–Crippen LogP) is 5.25. The molecule has 0 aliphatic rings. The average molecular weight is 391 g/mol. The summed E-state index contributed by atoms with van der Waals surface area (Å²) >= 11 is 13.3. The first-order valence-corrected chi connectivity index (χ1v) is 8.91. The van der Waals surface area contributed by atoms with E-state index in [9.17, 15) is 9.59 Å². The summed E-state index contributed by atoms with van der Waals surface area (Å²) in [6.45, 7) is 1.91. The van der Waals surface area contributed by atoms with Gasteiger partial charge in [0.25, 0.3) is 11.7 Å². The van der Waals surface area contributed by atoms with Gasteiger partial charge in [0, 0.05) is 21.5 Å². The Morgan fingerprint density at radius 2 is 1.80 bits per heavy atom. The smallest absolute Gasteiger partial charge is 0.295 e. The molecule has 1 aromatic heterocycles. The molecule has 126 valence electrons. The number of benzene rings is 2. The number of ketones is 1. The van der Waals surface area contributed by atoms with Crippen LogP contribution in [0.15, 0.2) is 47.8 Å². The molecule has 7 heteroatoms. The van der Waals surface area contributed by atoms with Crippen molar-refractivity contribution in [2.24, 2.45) is 0 Å². The van der Waals surface area contributed by atoms with E-state index in [1.54, 1.807) is 47.8 Å². The summed E-state index contributed by atoms with van der Waals surface area (Å²) in [7, 11) is 0. The molecule has 0 saturated carbocycles. The molecule has 0 spiro atoms. The van der Waals surface area contributed by atoms with Crippen LogP contribution in [0.2, 0.25) is 10.0 Å². The minimum atomic E-state index is -0.734. The molecule has 0 saturated heterocycles. The number of halogens is 2. The molecule has 3 rings (SSSR count). The first-order valence-electron chi connectivity index (χ1n) is 7.27. The van der Waals surface area contributed by atoms with Gasteiger partial charge in [0.15, 0.2) is 5.13 Å². The van der Waals surface area contributed by atoms with Gasteiger partial charge >= 0.3 is 0 Å². The molecular formula is C18H12Cl2N2O2S. The highest BCUT2D eigenvalue weighted by Gasteiger charge is 2.18. The zero-order valence-electron chi connectivity index (χ0n) is 13.0. The maximum absolute atomic E-state index is 12.2. The van der Waals surface area contributed by atoms with Gasteiger partial charge in [-0.3, -0.25) is 14.9 Å². The van der Waals surface area contributed by atoms with Crippen LogP contribution < -0.4 is 5.32 Å². The van der Waals surface area contributed by atoms with Crippen molar-refractivity contribution in [2.45, 2.75) is 6.92 Å². The summed E-state index contributed by atoms with van der Waals surface area (Å²) in [5.74, 6) is -1.35. The number of anilines is 1. The molecule has 0 radical (unpaired) electrons. The molecule has 0 atom stereocenters. The van der Waals surface area contributed by atoms with Crippen LogP contribution in [0.4, 0.5) is 5.13 Å². The molecule has 0 aliphatic heterocycles. The lowest BCUT2D eigenvalue weighted by Gasteiger charge is -2.02. The monoisotopic (exact) mass is 390 g/mol. The largest absolute Gasteiger partial charge is 0.298 e. The van der Waals surface area contributed by atoms with Crippen LogP contribution in [-0.4, -0.2) is 16.7 Å². The molecule has 0 bridgehead atoms. The van der Waals surface area contributed by atoms with E-state index >= 15 is 0 Å². The number of thiazole rings is 1. The Balaban J connectivity index is 1.77. The number of nitrogens with one attached hydrogen (secondary N) is 1. The van der Waals surface area contributed by atoms with Crippen molar-refractivity contribution in [3.8, 4) is 11.3 Å². The second kappa shape index (κ2) is 7.35. The predicted molar refractivity (Wildman–Crippen MR) is 102 cm³/mol. The third kappa shape index (κ3) is 4.07. The zero-order chi connectivity index (χ0) is 18.0. The number of hydrogen-bond donors (Lipinski definition) is 1. The van der Waals surface area contributed by atoms with Gasteiger partial charge in [0.2, 0.25) is 0 Å². The second-order valence-electron chi connectivity index (χ2n) is 5.31.